The number of hydrogen-bond donors (Lipinski definition) is 0. The minimum absolute atomic E-state index is 0.157. The molecule has 0 aliphatic carbocycles. The molecule has 1 amide bonds. The minimum Gasteiger partial charge on any atom is -0.332 e. The smallest absolute Gasteiger partial charge is 0.267 e. The fraction of sp³-hybridized carbons (Fsp3) is 0.529. The van der Waals surface area contributed by atoms with Crippen molar-refractivity contribution in [3.63, 3.8) is 0 Å². The largest absolute Gasteiger partial charge is 0.332 e. The predicted molar refractivity (Wildman–Crippen MR) is 87.1 cm³/mol. The zero-order valence-electron chi connectivity index (χ0n) is 13.3. The van der Waals surface area contributed by atoms with Crippen molar-refractivity contribution in [1.29, 1.82) is 0 Å². The average Bonchev–Trinajstić information content (AvgIpc) is 2.81. The molecule has 2 saturated heterocycles. The molecular weight excluding hydrogens is 362 g/mol. The van der Waals surface area contributed by atoms with Gasteiger partial charge in [-0.15, -0.1) is 0 Å². The Morgan fingerprint density at radius 1 is 1.30 bits per heavy atom. The number of nitrogens with zero attached hydrogens (tertiary/aromatic N) is 1. The summed E-state index contributed by atoms with van der Waals surface area (Å²) in [6, 6.07) is 5.62. The SMILES string of the molecule is CC(=O)[C@@]12CCC[C@@](C)(O1)O[C@]21C(=O)N(C)c2ccc(Br)cc21. The Morgan fingerprint density at radius 2 is 2.04 bits per heavy atom. The molecule has 3 atom stereocenters. The molecule has 3 heterocycles. The Hall–Kier alpha value is -1.24. The number of fused-ring (bicyclic) bond motifs is 5. The van der Waals surface area contributed by atoms with Crippen LogP contribution in [-0.2, 0) is 24.7 Å². The van der Waals surface area contributed by atoms with Crippen LogP contribution >= 0.6 is 15.9 Å². The Labute approximate surface area is 143 Å². The van der Waals surface area contributed by atoms with Crippen molar-refractivity contribution in [2.75, 3.05) is 11.9 Å². The normalized spacial score (nSPS) is 38.3. The molecule has 3 aliphatic heterocycles. The Morgan fingerprint density at radius 3 is 2.74 bits per heavy atom. The predicted octanol–water partition coefficient (Wildman–Crippen LogP) is 2.90. The lowest BCUT2D eigenvalue weighted by Gasteiger charge is -2.38. The zero-order valence-corrected chi connectivity index (χ0v) is 14.9. The molecule has 2 bridgehead atoms. The van der Waals surface area contributed by atoms with Crippen LogP contribution in [0.1, 0.15) is 38.7 Å². The third-order valence-corrected chi connectivity index (χ3v) is 5.85. The van der Waals surface area contributed by atoms with Gasteiger partial charge in [0.05, 0.1) is 5.69 Å². The van der Waals surface area contributed by atoms with E-state index in [9.17, 15) is 9.59 Å². The van der Waals surface area contributed by atoms with Crippen LogP contribution in [0.15, 0.2) is 22.7 Å². The molecule has 0 aromatic heterocycles. The summed E-state index contributed by atoms with van der Waals surface area (Å²) in [4.78, 5) is 27.5. The quantitative estimate of drug-likeness (QED) is 0.752. The van der Waals surface area contributed by atoms with Gasteiger partial charge in [0.25, 0.3) is 5.91 Å². The number of ether oxygens (including phenoxy) is 2. The van der Waals surface area contributed by atoms with E-state index in [0.29, 0.717) is 18.4 Å². The van der Waals surface area contributed by atoms with E-state index in [1.54, 1.807) is 11.9 Å². The molecule has 122 valence electrons. The second kappa shape index (κ2) is 4.43. The number of carbonyl (C=O) groups is 2. The molecule has 23 heavy (non-hydrogen) atoms. The van der Waals surface area contributed by atoms with Crippen LogP contribution in [0, 0.1) is 0 Å². The molecule has 1 aromatic rings. The van der Waals surface area contributed by atoms with Gasteiger partial charge in [-0.2, -0.15) is 0 Å². The van der Waals surface area contributed by atoms with Gasteiger partial charge in [-0.25, -0.2) is 0 Å². The van der Waals surface area contributed by atoms with Gasteiger partial charge in [0.1, 0.15) is 0 Å². The third kappa shape index (κ3) is 1.64. The standard InChI is InChI=1S/C17H18BrNO4/c1-10(20)16-8-4-7-15(2,22-16)23-17(16)12-9-11(18)5-6-13(12)19(3)14(17)21/h5-6,9H,4,7-8H2,1-3H3/t15-,16+,17+/m0/s1. The van der Waals surface area contributed by atoms with Crippen LogP contribution in [0.4, 0.5) is 5.69 Å². The van der Waals surface area contributed by atoms with Crippen molar-refractivity contribution in [3.05, 3.63) is 28.2 Å². The first kappa shape index (κ1) is 15.3. The monoisotopic (exact) mass is 379 g/mol. The van der Waals surface area contributed by atoms with Gasteiger partial charge in [-0.1, -0.05) is 15.9 Å². The summed E-state index contributed by atoms with van der Waals surface area (Å²) >= 11 is 3.46. The second-order valence-corrected chi connectivity index (χ2v) is 7.70. The fourth-order valence-corrected chi connectivity index (χ4v) is 4.74. The number of hydrogen-bond acceptors (Lipinski definition) is 4. The number of anilines is 1. The molecule has 5 nitrogen and oxygen atoms in total. The maximum absolute atomic E-state index is 13.2. The average molecular weight is 380 g/mol. The number of amides is 1. The highest BCUT2D eigenvalue weighted by Gasteiger charge is 2.76. The van der Waals surface area contributed by atoms with Crippen molar-refractivity contribution in [1.82, 2.24) is 0 Å². The molecular formula is C17H18BrNO4. The van der Waals surface area contributed by atoms with Gasteiger partial charge in [-0.3, -0.25) is 9.59 Å². The van der Waals surface area contributed by atoms with E-state index in [1.165, 1.54) is 6.92 Å². The van der Waals surface area contributed by atoms with E-state index in [-0.39, 0.29) is 11.7 Å². The first-order valence-corrected chi connectivity index (χ1v) is 8.55. The number of carbonyl (C=O) groups excluding carboxylic acids is 2. The molecule has 1 aromatic carbocycles. The Kier molecular flexibility index (Phi) is 2.95. The molecule has 2 fully saturated rings. The van der Waals surface area contributed by atoms with Crippen LogP contribution in [0.25, 0.3) is 0 Å². The number of halogens is 1. The first-order valence-electron chi connectivity index (χ1n) is 7.75. The topological polar surface area (TPSA) is 55.8 Å². The fourth-order valence-electron chi connectivity index (χ4n) is 4.38. The number of Topliss-reactive ketones (excluding diaryl/α,β-unsaturated/α-hetero) is 1. The lowest BCUT2D eigenvalue weighted by molar-refractivity contribution is -0.204. The minimum atomic E-state index is -1.39. The van der Waals surface area contributed by atoms with Crippen molar-refractivity contribution >= 4 is 33.3 Å². The molecule has 6 heteroatoms. The van der Waals surface area contributed by atoms with Gasteiger partial charge in [0, 0.05) is 23.5 Å². The summed E-state index contributed by atoms with van der Waals surface area (Å²) in [5, 5.41) is 0. The van der Waals surface area contributed by atoms with Crippen LogP contribution in [0.2, 0.25) is 0 Å². The van der Waals surface area contributed by atoms with Crippen LogP contribution in [-0.4, -0.2) is 30.1 Å². The van der Waals surface area contributed by atoms with Crippen molar-refractivity contribution in [2.45, 2.75) is 50.1 Å². The van der Waals surface area contributed by atoms with E-state index in [1.807, 2.05) is 25.1 Å². The number of likely N-dealkylation sites (N-methyl/N-ethyl adjacent to an activating group) is 1. The van der Waals surface area contributed by atoms with Gasteiger partial charge in [0.15, 0.2) is 17.2 Å². The third-order valence-electron chi connectivity index (χ3n) is 5.36. The maximum atomic E-state index is 13.2. The van der Waals surface area contributed by atoms with Gasteiger partial charge in [0.2, 0.25) is 5.60 Å². The highest BCUT2D eigenvalue weighted by atomic mass is 79.9. The van der Waals surface area contributed by atoms with Crippen molar-refractivity contribution in [2.24, 2.45) is 0 Å². The van der Waals surface area contributed by atoms with Gasteiger partial charge in [-0.05, 0) is 44.9 Å². The van der Waals surface area contributed by atoms with E-state index < -0.39 is 17.0 Å². The van der Waals surface area contributed by atoms with Crippen molar-refractivity contribution in [3.8, 4) is 0 Å². The highest BCUT2D eigenvalue weighted by Crippen LogP contribution is 2.62. The maximum Gasteiger partial charge on any atom is 0.267 e. The van der Waals surface area contributed by atoms with Crippen LogP contribution in [0.3, 0.4) is 0 Å². The number of ketones is 1. The zero-order chi connectivity index (χ0) is 16.6. The lowest BCUT2D eigenvalue weighted by Crippen LogP contribution is -2.59. The summed E-state index contributed by atoms with van der Waals surface area (Å²) in [5.41, 5.74) is -1.17. The summed E-state index contributed by atoms with van der Waals surface area (Å²) in [6.45, 7) is 3.31. The molecule has 0 radical (unpaired) electrons. The molecule has 0 saturated carbocycles. The molecule has 0 unspecified atom stereocenters. The van der Waals surface area contributed by atoms with E-state index >= 15 is 0 Å². The highest BCUT2D eigenvalue weighted by molar-refractivity contribution is 9.10. The van der Waals surface area contributed by atoms with Gasteiger partial charge < -0.3 is 14.4 Å². The molecule has 1 spiro atoms. The van der Waals surface area contributed by atoms with E-state index in [2.05, 4.69) is 15.9 Å². The van der Waals surface area contributed by atoms with Gasteiger partial charge >= 0.3 is 0 Å². The molecule has 3 aliphatic rings. The van der Waals surface area contributed by atoms with Crippen LogP contribution in [0.5, 0.6) is 0 Å². The summed E-state index contributed by atoms with van der Waals surface area (Å²) in [6.07, 6.45) is 1.95. The summed E-state index contributed by atoms with van der Waals surface area (Å²) in [7, 11) is 1.71. The first-order chi connectivity index (χ1) is 10.8. The summed E-state index contributed by atoms with van der Waals surface area (Å²) in [5.74, 6) is -1.30. The molecule has 0 N–H and O–H groups in total. The van der Waals surface area contributed by atoms with E-state index in [4.69, 9.17) is 9.47 Å². The number of benzene rings is 1. The van der Waals surface area contributed by atoms with E-state index in [0.717, 1.165) is 16.6 Å². The lowest BCUT2D eigenvalue weighted by atomic mass is 9.73. The number of rotatable bonds is 1. The van der Waals surface area contributed by atoms with Crippen molar-refractivity contribution < 1.29 is 19.1 Å². The molecule has 4 rings (SSSR count). The summed E-state index contributed by atoms with van der Waals surface area (Å²) < 4.78 is 13.3. The second-order valence-electron chi connectivity index (χ2n) is 6.78. The Balaban J connectivity index is 2.05. The van der Waals surface area contributed by atoms with Crippen LogP contribution < -0.4 is 4.90 Å². The Bertz CT molecular complexity index is 750.